The maximum absolute atomic E-state index is 12.3. The van der Waals surface area contributed by atoms with Crippen molar-refractivity contribution in [2.45, 2.75) is 20.0 Å². The van der Waals surface area contributed by atoms with Gasteiger partial charge in [0.1, 0.15) is 11.3 Å². The highest BCUT2D eigenvalue weighted by Gasteiger charge is 2.13. The number of methoxy groups -OCH3 is 1. The first kappa shape index (κ1) is 19.1. The van der Waals surface area contributed by atoms with E-state index in [1.54, 1.807) is 24.5 Å². The molecule has 6 nitrogen and oxygen atoms in total. The molecule has 2 heterocycles. The minimum Gasteiger partial charge on any atom is -0.497 e. The summed E-state index contributed by atoms with van der Waals surface area (Å²) in [4.78, 5) is 27.3. The van der Waals surface area contributed by atoms with E-state index in [-0.39, 0.29) is 12.5 Å². The van der Waals surface area contributed by atoms with Gasteiger partial charge in [-0.1, -0.05) is 13.0 Å². The third-order valence-electron chi connectivity index (χ3n) is 4.29. The van der Waals surface area contributed by atoms with Gasteiger partial charge in [-0.15, -0.1) is 11.3 Å². The van der Waals surface area contributed by atoms with Crippen LogP contribution in [-0.4, -0.2) is 31.0 Å². The molecular weight excluding hydrogens is 364 g/mol. The van der Waals surface area contributed by atoms with Crippen LogP contribution < -0.4 is 15.7 Å². The van der Waals surface area contributed by atoms with E-state index < -0.39 is 5.63 Å². The van der Waals surface area contributed by atoms with E-state index in [9.17, 15) is 9.59 Å². The van der Waals surface area contributed by atoms with E-state index in [0.29, 0.717) is 31.0 Å². The largest absolute Gasteiger partial charge is 0.497 e. The van der Waals surface area contributed by atoms with Crippen molar-refractivity contribution in [3.63, 3.8) is 0 Å². The second-order valence-corrected chi connectivity index (χ2v) is 7.14. The van der Waals surface area contributed by atoms with Gasteiger partial charge >= 0.3 is 5.63 Å². The molecule has 0 radical (unpaired) electrons. The van der Waals surface area contributed by atoms with Gasteiger partial charge in [0, 0.05) is 28.9 Å². The number of benzene rings is 1. The average Bonchev–Trinajstić information content (AvgIpc) is 3.18. The standard InChI is InChI=1S/C20H22N2O4S/c1-3-22(13-19(23)21-11-16-5-4-8-27-16)12-14-9-20(24)26-18-10-15(25-2)6-7-17(14)18/h4-10H,3,11-13H2,1-2H3,(H,21,23). The first-order valence-corrected chi connectivity index (χ1v) is 9.59. The number of amides is 1. The first-order valence-electron chi connectivity index (χ1n) is 8.71. The number of hydrogen-bond acceptors (Lipinski definition) is 6. The summed E-state index contributed by atoms with van der Waals surface area (Å²) >= 11 is 1.61. The van der Waals surface area contributed by atoms with Gasteiger partial charge in [-0.25, -0.2) is 4.79 Å². The van der Waals surface area contributed by atoms with Gasteiger partial charge in [-0.05, 0) is 35.7 Å². The number of ether oxygens (including phenoxy) is 1. The number of likely N-dealkylation sites (N-methyl/N-ethyl adjacent to an activating group) is 1. The van der Waals surface area contributed by atoms with Crippen LogP contribution in [0.3, 0.4) is 0 Å². The van der Waals surface area contributed by atoms with Gasteiger partial charge < -0.3 is 14.5 Å². The molecule has 27 heavy (non-hydrogen) atoms. The SMILES string of the molecule is CCN(CC(=O)NCc1cccs1)Cc1cc(=O)oc2cc(OC)ccc12. The summed E-state index contributed by atoms with van der Waals surface area (Å²) in [5.41, 5.74) is 0.899. The Bertz CT molecular complexity index is 966. The molecule has 0 spiro atoms. The number of carbonyl (C=O) groups is 1. The van der Waals surface area contributed by atoms with E-state index in [1.807, 2.05) is 41.5 Å². The smallest absolute Gasteiger partial charge is 0.336 e. The summed E-state index contributed by atoms with van der Waals surface area (Å²) < 4.78 is 10.5. The minimum atomic E-state index is -0.413. The monoisotopic (exact) mass is 386 g/mol. The molecule has 0 atom stereocenters. The second-order valence-electron chi connectivity index (χ2n) is 6.11. The van der Waals surface area contributed by atoms with E-state index in [1.165, 1.54) is 6.07 Å². The fourth-order valence-corrected chi connectivity index (χ4v) is 3.49. The molecule has 142 valence electrons. The maximum atomic E-state index is 12.3. The molecule has 0 unspecified atom stereocenters. The molecule has 0 saturated carbocycles. The first-order chi connectivity index (χ1) is 13.1. The van der Waals surface area contributed by atoms with Crippen LogP contribution in [0.5, 0.6) is 5.75 Å². The predicted molar refractivity (Wildman–Crippen MR) is 106 cm³/mol. The van der Waals surface area contributed by atoms with Crippen LogP contribution in [-0.2, 0) is 17.9 Å². The number of rotatable bonds is 8. The highest BCUT2D eigenvalue weighted by atomic mass is 32.1. The molecule has 1 amide bonds. The lowest BCUT2D eigenvalue weighted by atomic mass is 10.1. The molecule has 3 aromatic rings. The summed E-state index contributed by atoms with van der Waals surface area (Å²) in [6, 6.07) is 10.8. The Morgan fingerprint density at radius 1 is 1.30 bits per heavy atom. The number of hydrogen-bond donors (Lipinski definition) is 1. The molecule has 0 fully saturated rings. The van der Waals surface area contributed by atoms with Gasteiger partial charge in [-0.3, -0.25) is 9.69 Å². The van der Waals surface area contributed by atoms with Crippen molar-refractivity contribution < 1.29 is 13.9 Å². The Balaban J connectivity index is 1.72. The molecule has 0 aliphatic carbocycles. The zero-order valence-electron chi connectivity index (χ0n) is 15.4. The van der Waals surface area contributed by atoms with Crippen LogP contribution >= 0.6 is 11.3 Å². The average molecular weight is 386 g/mol. The summed E-state index contributed by atoms with van der Waals surface area (Å²) in [5.74, 6) is 0.585. The summed E-state index contributed by atoms with van der Waals surface area (Å²) in [5, 5.41) is 5.76. The van der Waals surface area contributed by atoms with Crippen LogP contribution in [0.2, 0.25) is 0 Å². The number of thiophene rings is 1. The number of nitrogens with one attached hydrogen (secondary N) is 1. The Hall–Kier alpha value is -2.64. The third-order valence-corrected chi connectivity index (χ3v) is 5.16. The molecule has 2 aromatic heterocycles. The highest BCUT2D eigenvalue weighted by Crippen LogP contribution is 2.23. The van der Waals surface area contributed by atoms with Crippen LogP contribution in [0.1, 0.15) is 17.4 Å². The van der Waals surface area contributed by atoms with Gasteiger partial charge in [0.15, 0.2) is 0 Å². The molecule has 0 aliphatic heterocycles. The van der Waals surface area contributed by atoms with Gasteiger partial charge in [0.05, 0.1) is 20.2 Å². The lowest BCUT2D eigenvalue weighted by molar-refractivity contribution is -0.122. The highest BCUT2D eigenvalue weighted by molar-refractivity contribution is 7.09. The van der Waals surface area contributed by atoms with E-state index in [0.717, 1.165) is 15.8 Å². The van der Waals surface area contributed by atoms with Crippen LogP contribution in [0.25, 0.3) is 11.0 Å². The normalized spacial score (nSPS) is 11.1. The summed E-state index contributed by atoms with van der Waals surface area (Å²) in [7, 11) is 1.57. The topological polar surface area (TPSA) is 71.8 Å². The zero-order valence-corrected chi connectivity index (χ0v) is 16.2. The lowest BCUT2D eigenvalue weighted by Crippen LogP contribution is -2.36. The van der Waals surface area contributed by atoms with E-state index in [2.05, 4.69) is 5.32 Å². The molecule has 1 N–H and O–H groups in total. The fourth-order valence-electron chi connectivity index (χ4n) is 2.85. The van der Waals surface area contributed by atoms with Crippen molar-refractivity contribution >= 4 is 28.2 Å². The Kier molecular flexibility index (Phi) is 6.26. The van der Waals surface area contributed by atoms with Gasteiger partial charge in [0.25, 0.3) is 0 Å². The number of nitrogens with zero attached hydrogens (tertiary/aromatic N) is 1. The van der Waals surface area contributed by atoms with Crippen molar-refractivity contribution in [2.75, 3.05) is 20.2 Å². The second kappa shape index (κ2) is 8.83. The molecule has 0 bridgehead atoms. The van der Waals surface area contributed by atoms with Crippen molar-refractivity contribution in [1.29, 1.82) is 0 Å². The predicted octanol–water partition coefficient (Wildman–Crippen LogP) is 3.00. The summed E-state index contributed by atoms with van der Waals surface area (Å²) in [6.07, 6.45) is 0. The van der Waals surface area contributed by atoms with Crippen molar-refractivity contribution in [3.8, 4) is 5.75 Å². The molecule has 0 saturated heterocycles. The van der Waals surface area contributed by atoms with E-state index in [4.69, 9.17) is 9.15 Å². The van der Waals surface area contributed by atoms with E-state index >= 15 is 0 Å². The van der Waals surface area contributed by atoms with Crippen molar-refractivity contribution in [3.05, 3.63) is 62.6 Å². The quantitative estimate of drug-likeness (QED) is 0.603. The van der Waals surface area contributed by atoms with Crippen molar-refractivity contribution in [2.24, 2.45) is 0 Å². The number of fused-ring (bicyclic) bond motifs is 1. The van der Waals surface area contributed by atoms with Gasteiger partial charge in [0.2, 0.25) is 5.91 Å². The van der Waals surface area contributed by atoms with Crippen LogP contribution in [0.4, 0.5) is 0 Å². The zero-order chi connectivity index (χ0) is 19.2. The van der Waals surface area contributed by atoms with Crippen molar-refractivity contribution in [1.82, 2.24) is 10.2 Å². The Labute approximate surface area is 161 Å². The third kappa shape index (κ3) is 4.96. The fraction of sp³-hybridized carbons (Fsp3) is 0.300. The molecule has 1 aromatic carbocycles. The Morgan fingerprint density at radius 3 is 2.85 bits per heavy atom. The molecule has 3 rings (SSSR count). The van der Waals surface area contributed by atoms with Crippen LogP contribution in [0.15, 0.2) is 51.0 Å². The Morgan fingerprint density at radius 2 is 2.15 bits per heavy atom. The molecular formula is C20H22N2O4S. The minimum absolute atomic E-state index is 0.0424. The molecule has 7 heteroatoms. The molecule has 0 aliphatic rings. The lowest BCUT2D eigenvalue weighted by Gasteiger charge is -2.20. The number of carbonyl (C=O) groups excluding carboxylic acids is 1. The maximum Gasteiger partial charge on any atom is 0.336 e. The van der Waals surface area contributed by atoms with Crippen LogP contribution in [0, 0.1) is 0 Å². The van der Waals surface area contributed by atoms with Gasteiger partial charge in [-0.2, -0.15) is 0 Å². The summed E-state index contributed by atoms with van der Waals surface area (Å²) in [6.45, 7) is 3.95.